The molecule has 0 saturated heterocycles. The largest absolute Gasteiger partial charge is 0.0533 e. The number of rotatable bonds is 2. The molecule has 0 aromatic carbocycles. The Morgan fingerprint density at radius 1 is 0.667 bits per heavy atom. The first kappa shape index (κ1) is 14.6. The van der Waals surface area contributed by atoms with E-state index in [1.165, 1.54) is 25.7 Å². The molecule has 120 valence electrons. The van der Waals surface area contributed by atoms with E-state index in [0.717, 1.165) is 29.1 Å². The molecule has 0 amide bonds. The van der Waals surface area contributed by atoms with Crippen LogP contribution >= 0.6 is 0 Å². The van der Waals surface area contributed by atoms with Crippen LogP contribution in [0.15, 0.2) is 0 Å². The normalized spacial score (nSPS) is 40.3. The average molecular weight is 289 g/mol. The lowest BCUT2D eigenvalue weighted by Crippen LogP contribution is -2.27. The molecule has 3 unspecified atom stereocenters. The Bertz CT molecular complexity index is 332. The van der Waals surface area contributed by atoms with Crippen LogP contribution in [-0.2, 0) is 0 Å². The molecule has 0 nitrogen and oxygen atoms in total. The van der Waals surface area contributed by atoms with Crippen LogP contribution in [0.3, 0.4) is 0 Å². The Morgan fingerprint density at radius 3 is 2.24 bits per heavy atom. The molecule has 0 aromatic rings. The molecule has 0 aliphatic heterocycles. The van der Waals surface area contributed by atoms with Gasteiger partial charge in [-0.1, -0.05) is 70.6 Å². The first-order valence-corrected chi connectivity index (χ1v) is 10.3. The third kappa shape index (κ3) is 3.06. The van der Waals surface area contributed by atoms with Crippen molar-refractivity contribution in [3.05, 3.63) is 0 Å². The molecular weight excluding hydrogens is 252 g/mol. The van der Waals surface area contributed by atoms with Gasteiger partial charge in [0.1, 0.15) is 0 Å². The Kier molecular flexibility index (Phi) is 4.34. The van der Waals surface area contributed by atoms with Crippen LogP contribution in [0, 0.1) is 29.1 Å². The maximum absolute atomic E-state index is 1.65. The molecule has 4 aliphatic rings. The summed E-state index contributed by atoms with van der Waals surface area (Å²) in [6.45, 7) is 0. The molecule has 0 heteroatoms. The molecular formula is C21H36. The monoisotopic (exact) mass is 288 g/mol. The Balaban J connectivity index is 1.41. The maximum atomic E-state index is 1.65. The second-order valence-electron chi connectivity index (χ2n) is 9.32. The highest BCUT2D eigenvalue weighted by atomic mass is 14.5. The van der Waals surface area contributed by atoms with E-state index < -0.39 is 0 Å². The number of hydrogen-bond acceptors (Lipinski definition) is 0. The van der Waals surface area contributed by atoms with Crippen LogP contribution in [0.1, 0.15) is 103 Å². The van der Waals surface area contributed by atoms with Gasteiger partial charge >= 0.3 is 0 Å². The highest BCUT2D eigenvalue weighted by Gasteiger charge is 2.48. The second kappa shape index (κ2) is 6.25. The van der Waals surface area contributed by atoms with E-state index >= 15 is 0 Å². The van der Waals surface area contributed by atoms with Gasteiger partial charge in [-0.15, -0.1) is 0 Å². The first-order valence-electron chi connectivity index (χ1n) is 10.3. The fraction of sp³-hybridized carbons (Fsp3) is 1.00. The summed E-state index contributed by atoms with van der Waals surface area (Å²) in [4.78, 5) is 0. The summed E-state index contributed by atoms with van der Waals surface area (Å²) in [6, 6.07) is 0. The van der Waals surface area contributed by atoms with Gasteiger partial charge < -0.3 is 0 Å². The van der Waals surface area contributed by atoms with Crippen molar-refractivity contribution < 1.29 is 0 Å². The van der Waals surface area contributed by atoms with Crippen molar-refractivity contribution >= 4 is 0 Å². The van der Waals surface area contributed by atoms with Crippen LogP contribution < -0.4 is 0 Å². The Morgan fingerprint density at radius 2 is 1.43 bits per heavy atom. The van der Waals surface area contributed by atoms with E-state index in [2.05, 4.69) is 0 Å². The van der Waals surface area contributed by atoms with Gasteiger partial charge in [-0.2, -0.15) is 0 Å². The fourth-order valence-electron chi connectivity index (χ4n) is 7.04. The van der Waals surface area contributed by atoms with Crippen LogP contribution in [0.4, 0.5) is 0 Å². The molecule has 4 rings (SSSR count). The van der Waals surface area contributed by atoms with Crippen molar-refractivity contribution in [3.63, 3.8) is 0 Å². The molecule has 1 spiro atoms. The minimum atomic E-state index is 0.836. The van der Waals surface area contributed by atoms with Crippen molar-refractivity contribution in [1.29, 1.82) is 0 Å². The summed E-state index contributed by atoms with van der Waals surface area (Å²) >= 11 is 0. The molecule has 0 heterocycles. The zero-order valence-corrected chi connectivity index (χ0v) is 14.1. The summed E-state index contributed by atoms with van der Waals surface area (Å²) in [5.74, 6) is 4.54. The predicted octanol–water partition coefficient (Wildman–Crippen LogP) is 6.73. The molecule has 21 heavy (non-hydrogen) atoms. The summed E-state index contributed by atoms with van der Waals surface area (Å²) in [5, 5.41) is 0. The third-order valence-corrected chi connectivity index (χ3v) is 8.00. The summed E-state index contributed by atoms with van der Waals surface area (Å²) in [7, 11) is 0. The average Bonchev–Trinajstić information content (AvgIpc) is 2.88. The van der Waals surface area contributed by atoms with Crippen LogP contribution in [0.5, 0.6) is 0 Å². The lowest BCUT2D eigenvalue weighted by molar-refractivity contribution is 0.135. The van der Waals surface area contributed by atoms with Gasteiger partial charge in [0.05, 0.1) is 0 Å². The lowest BCUT2D eigenvalue weighted by atomic mass is 9.68. The Hall–Kier alpha value is 0. The zero-order valence-electron chi connectivity index (χ0n) is 14.1. The van der Waals surface area contributed by atoms with Crippen molar-refractivity contribution in [2.24, 2.45) is 29.1 Å². The van der Waals surface area contributed by atoms with Crippen LogP contribution in [0.2, 0.25) is 0 Å². The van der Waals surface area contributed by atoms with E-state index in [-0.39, 0.29) is 0 Å². The van der Waals surface area contributed by atoms with Crippen molar-refractivity contribution in [1.82, 2.24) is 0 Å². The van der Waals surface area contributed by atoms with E-state index in [1.807, 2.05) is 0 Å². The first-order chi connectivity index (χ1) is 10.3. The predicted molar refractivity (Wildman–Crippen MR) is 90.3 cm³/mol. The fourth-order valence-corrected chi connectivity index (χ4v) is 7.04. The van der Waals surface area contributed by atoms with Gasteiger partial charge in [0.25, 0.3) is 0 Å². The molecule has 4 fully saturated rings. The minimum absolute atomic E-state index is 0.836. The highest BCUT2D eigenvalue weighted by Crippen LogP contribution is 2.59. The summed E-state index contributed by atoms with van der Waals surface area (Å²) < 4.78 is 0. The number of fused-ring (bicyclic) bond motifs is 1. The molecule has 4 saturated carbocycles. The molecule has 0 bridgehead atoms. The van der Waals surface area contributed by atoms with Gasteiger partial charge in [-0.3, -0.25) is 0 Å². The summed E-state index contributed by atoms with van der Waals surface area (Å²) in [6.07, 6.45) is 25.2. The molecule has 3 atom stereocenters. The van der Waals surface area contributed by atoms with Crippen molar-refractivity contribution in [2.45, 2.75) is 103 Å². The van der Waals surface area contributed by atoms with E-state index in [4.69, 9.17) is 0 Å². The van der Waals surface area contributed by atoms with Gasteiger partial charge in [-0.05, 0) is 61.2 Å². The lowest BCUT2D eigenvalue weighted by Gasteiger charge is -2.37. The van der Waals surface area contributed by atoms with Gasteiger partial charge in [0.2, 0.25) is 0 Å². The number of hydrogen-bond donors (Lipinski definition) is 0. The SMILES string of the molecule is C1CCC(CC2CCCC3CC4(CCCCC4)CC23)CC1. The third-order valence-electron chi connectivity index (χ3n) is 8.00. The molecule has 0 radical (unpaired) electrons. The van der Waals surface area contributed by atoms with Gasteiger partial charge in [0.15, 0.2) is 0 Å². The second-order valence-corrected chi connectivity index (χ2v) is 9.32. The van der Waals surface area contributed by atoms with Gasteiger partial charge in [0, 0.05) is 0 Å². The molecule has 0 aromatic heterocycles. The zero-order chi connectivity index (χ0) is 14.1. The topological polar surface area (TPSA) is 0 Å². The van der Waals surface area contributed by atoms with E-state index in [9.17, 15) is 0 Å². The summed E-state index contributed by atoms with van der Waals surface area (Å²) in [5.41, 5.74) is 0.836. The van der Waals surface area contributed by atoms with Crippen molar-refractivity contribution in [3.8, 4) is 0 Å². The van der Waals surface area contributed by atoms with Crippen LogP contribution in [0.25, 0.3) is 0 Å². The highest BCUT2D eigenvalue weighted by molar-refractivity contribution is 4.99. The van der Waals surface area contributed by atoms with E-state index in [1.54, 1.807) is 77.0 Å². The Labute approximate surface area is 132 Å². The smallest absolute Gasteiger partial charge is 0.0292 e. The van der Waals surface area contributed by atoms with Crippen molar-refractivity contribution in [2.75, 3.05) is 0 Å². The molecule has 4 aliphatic carbocycles. The maximum Gasteiger partial charge on any atom is -0.0292 e. The molecule has 0 N–H and O–H groups in total. The van der Waals surface area contributed by atoms with Crippen LogP contribution in [-0.4, -0.2) is 0 Å². The quantitative estimate of drug-likeness (QED) is 0.528. The van der Waals surface area contributed by atoms with Gasteiger partial charge in [-0.25, -0.2) is 0 Å². The minimum Gasteiger partial charge on any atom is -0.0533 e. The van der Waals surface area contributed by atoms with E-state index in [0.29, 0.717) is 0 Å². The standard InChI is InChI=1S/C21H36/c1-3-8-17(9-4-1)14-18-10-7-11-19-15-21(16-20(18)19)12-5-2-6-13-21/h17-20H,1-16H2.